The lowest BCUT2D eigenvalue weighted by atomic mass is 10.0. The van der Waals surface area contributed by atoms with Crippen molar-refractivity contribution < 1.29 is 4.74 Å². The van der Waals surface area contributed by atoms with E-state index in [0.29, 0.717) is 12.4 Å². The molecule has 0 saturated carbocycles. The fraction of sp³-hybridized carbons (Fsp3) is 0.562. The summed E-state index contributed by atoms with van der Waals surface area (Å²) in [6.07, 6.45) is 0.860. The molecule has 2 aliphatic rings. The molecule has 1 spiro atoms. The van der Waals surface area contributed by atoms with E-state index in [-0.39, 0.29) is 6.61 Å². The Hall–Kier alpha value is -1.77. The molecular weight excluding hydrogens is 328 g/mol. The molecule has 0 bridgehead atoms. The summed E-state index contributed by atoms with van der Waals surface area (Å²) in [5.41, 5.74) is -1.48. The summed E-state index contributed by atoms with van der Waals surface area (Å²) in [5.74, 6) is 0.528. The molecule has 0 radical (unpaired) electrons. The predicted octanol–water partition coefficient (Wildman–Crippen LogP) is 0.487. The average Bonchev–Trinajstić information content (AvgIpc) is 3.13. The van der Waals surface area contributed by atoms with Gasteiger partial charge in [0.1, 0.15) is 12.2 Å². The van der Waals surface area contributed by atoms with Crippen molar-refractivity contribution in [2.45, 2.75) is 38.6 Å². The van der Waals surface area contributed by atoms with Gasteiger partial charge in [-0.05, 0) is 25.5 Å². The van der Waals surface area contributed by atoms with Gasteiger partial charge in [-0.15, -0.1) is 11.3 Å². The number of aryl methyl sites for hydroxylation is 2. The number of rotatable bonds is 2. The first kappa shape index (κ1) is 15.7. The zero-order chi connectivity index (χ0) is 16.9. The van der Waals surface area contributed by atoms with Crippen LogP contribution in [0.15, 0.2) is 21.7 Å². The largest absolute Gasteiger partial charge is 0.364 e. The minimum absolute atomic E-state index is 0.273. The molecule has 2 aromatic heterocycles. The van der Waals surface area contributed by atoms with Gasteiger partial charge in [0.25, 0.3) is 0 Å². The van der Waals surface area contributed by atoms with E-state index < -0.39 is 16.7 Å². The van der Waals surface area contributed by atoms with Crippen LogP contribution in [-0.4, -0.2) is 37.9 Å². The Labute approximate surface area is 143 Å². The molecule has 8 heteroatoms. The van der Waals surface area contributed by atoms with Crippen LogP contribution in [0.2, 0.25) is 0 Å². The zero-order valence-electron chi connectivity index (χ0n) is 13.8. The van der Waals surface area contributed by atoms with Crippen LogP contribution in [0.3, 0.4) is 0 Å². The van der Waals surface area contributed by atoms with Gasteiger partial charge in [0.05, 0.1) is 6.54 Å². The maximum atomic E-state index is 12.3. The topological polar surface area (TPSA) is 69.4 Å². The van der Waals surface area contributed by atoms with Crippen molar-refractivity contribution in [3.8, 4) is 0 Å². The second kappa shape index (κ2) is 5.65. The van der Waals surface area contributed by atoms with Gasteiger partial charge < -0.3 is 4.74 Å². The van der Waals surface area contributed by atoms with Crippen LogP contribution in [0.25, 0.3) is 0 Å². The lowest BCUT2D eigenvalue weighted by Crippen LogP contribution is -2.52. The van der Waals surface area contributed by atoms with E-state index in [2.05, 4.69) is 29.1 Å². The molecule has 128 valence electrons. The standard InChI is InChI=1S/C16H20N4O3S/c1-11-3-4-12(24-11)7-19-6-5-16(9-19)10-20-13(8-23-16)17-18(2)14(21)15(20)22/h3-4H,5-10H2,1-2H3/t16-/m0/s1. The average molecular weight is 348 g/mol. The van der Waals surface area contributed by atoms with E-state index in [9.17, 15) is 9.59 Å². The van der Waals surface area contributed by atoms with E-state index in [0.717, 1.165) is 30.7 Å². The zero-order valence-corrected chi connectivity index (χ0v) is 14.6. The molecule has 1 fully saturated rings. The second-order valence-electron chi connectivity index (χ2n) is 6.68. The van der Waals surface area contributed by atoms with Crippen molar-refractivity contribution in [1.29, 1.82) is 0 Å². The maximum Gasteiger partial charge on any atom is 0.332 e. The Morgan fingerprint density at radius 2 is 2.12 bits per heavy atom. The first-order valence-corrected chi connectivity index (χ1v) is 8.86. The first-order chi connectivity index (χ1) is 11.5. The van der Waals surface area contributed by atoms with Crippen molar-refractivity contribution in [3.05, 3.63) is 48.4 Å². The van der Waals surface area contributed by atoms with Gasteiger partial charge in [0, 0.05) is 36.4 Å². The van der Waals surface area contributed by atoms with Crippen LogP contribution in [-0.2, 0) is 31.5 Å². The molecule has 1 atom stereocenters. The molecule has 4 rings (SSSR count). The third-order valence-electron chi connectivity index (χ3n) is 4.82. The number of hydrogen-bond donors (Lipinski definition) is 0. The van der Waals surface area contributed by atoms with Gasteiger partial charge in [0.15, 0.2) is 5.82 Å². The van der Waals surface area contributed by atoms with Gasteiger partial charge in [0.2, 0.25) is 0 Å². The summed E-state index contributed by atoms with van der Waals surface area (Å²) in [4.78, 5) is 29.2. The van der Waals surface area contributed by atoms with Crippen molar-refractivity contribution in [3.63, 3.8) is 0 Å². The highest BCUT2D eigenvalue weighted by Crippen LogP contribution is 2.32. The fourth-order valence-corrected chi connectivity index (χ4v) is 4.50. The highest BCUT2D eigenvalue weighted by atomic mass is 32.1. The Morgan fingerprint density at radius 3 is 2.88 bits per heavy atom. The second-order valence-corrected chi connectivity index (χ2v) is 8.05. The molecule has 7 nitrogen and oxygen atoms in total. The van der Waals surface area contributed by atoms with Crippen LogP contribution in [0.4, 0.5) is 0 Å². The summed E-state index contributed by atoms with van der Waals surface area (Å²) in [5, 5.41) is 4.15. The number of ether oxygens (including phenoxy) is 1. The minimum atomic E-state index is -0.584. The van der Waals surface area contributed by atoms with E-state index in [1.54, 1.807) is 0 Å². The van der Waals surface area contributed by atoms with Gasteiger partial charge in [-0.2, -0.15) is 5.10 Å². The van der Waals surface area contributed by atoms with Gasteiger partial charge >= 0.3 is 11.1 Å². The van der Waals surface area contributed by atoms with E-state index in [1.165, 1.54) is 21.4 Å². The highest BCUT2D eigenvalue weighted by Gasteiger charge is 2.43. The SMILES string of the molecule is Cc1ccc(CN2CC[C@]3(C2)Cn2c(nn(C)c(=O)c2=O)CO3)s1. The van der Waals surface area contributed by atoms with E-state index >= 15 is 0 Å². The summed E-state index contributed by atoms with van der Waals surface area (Å²) < 4.78 is 8.70. The third-order valence-corrected chi connectivity index (χ3v) is 5.81. The van der Waals surface area contributed by atoms with Crippen LogP contribution in [0, 0.1) is 6.92 Å². The molecule has 0 aromatic carbocycles. The number of likely N-dealkylation sites (tertiary alicyclic amines) is 1. The highest BCUT2D eigenvalue weighted by molar-refractivity contribution is 7.11. The smallest absolute Gasteiger partial charge is 0.332 e. The predicted molar refractivity (Wildman–Crippen MR) is 90.2 cm³/mol. The molecule has 0 N–H and O–H groups in total. The number of fused-ring (bicyclic) bond motifs is 1. The minimum Gasteiger partial charge on any atom is -0.364 e. The first-order valence-electron chi connectivity index (χ1n) is 8.04. The van der Waals surface area contributed by atoms with Crippen molar-refractivity contribution in [2.24, 2.45) is 7.05 Å². The summed E-state index contributed by atoms with van der Waals surface area (Å²) in [6, 6.07) is 4.31. The Bertz CT molecular complexity index is 899. The molecule has 24 heavy (non-hydrogen) atoms. The molecule has 0 unspecified atom stereocenters. The van der Waals surface area contributed by atoms with Crippen molar-refractivity contribution in [2.75, 3.05) is 13.1 Å². The Kier molecular flexibility index (Phi) is 3.70. The van der Waals surface area contributed by atoms with E-state index in [4.69, 9.17) is 4.74 Å². The normalized spacial score (nSPS) is 23.8. The lowest BCUT2D eigenvalue weighted by Gasteiger charge is -2.35. The molecule has 0 aliphatic carbocycles. The molecule has 0 amide bonds. The number of thiophene rings is 1. The molecule has 2 aromatic rings. The monoisotopic (exact) mass is 348 g/mol. The maximum absolute atomic E-state index is 12.3. The van der Waals surface area contributed by atoms with E-state index in [1.807, 2.05) is 11.3 Å². The molecule has 4 heterocycles. The van der Waals surface area contributed by atoms with Crippen LogP contribution < -0.4 is 11.1 Å². The number of hydrogen-bond acceptors (Lipinski definition) is 6. The Morgan fingerprint density at radius 1 is 1.29 bits per heavy atom. The van der Waals surface area contributed by atoms with Gasteiger partial charge in [-0.3, -0.25) is 19.1 Å². The van der Waals surface area contributed by atoms with Crippen LogP contribution >= 0.6 is 11.3 Å². The van der Waals surface area contributed by atoms with Crippen LogP contribution in [0.5, 0.6) is 0 Å². The number of aromatic nitrogens is 3. The summed E-state index contributed by atoms with van der Waals surface area (Å²) >= 11 is 1.81. The molecule has 1 saturated heterocycles. The Balaban J connectivity index is 1.55. The number of nitrogens with zero attached hydrogens (tertiary/aromatic N) is 4. The van der Waals surface area contributed by atoms with Crippen molar-refractivity contribution >= 4 is 11.3 Å². The molecule has 2 aliphatic heterocycles. The van der Waals surface area contributed by atoms with Crippen LogP contribution in [0.1, 0.15) is 22.0 Å². The lowest BCUT2D eigenvalue weighted by molar-refractivity contribution is -0.0857. The third kappa shape index (κ3) is 2.64. The fourth-order valence-electron chi connectivity index (χ4n) is 3.56. The van der Waals surface area contributed by atoms with Gasteiger partial charge in [-0.25, -0.2) is 4.68 Å². The molecular formula is C16H20N4O3S. The quantitative estimate of drug-likeness (QED) is 0.739. The summed E-state index contributed by atoms with van der Waals surface area (Å²) in [7, 11) is 1.50. The van der Waals surface area contributed by atoms with Gasteiger partial charge in [-0.1, -0.05) is 0 Å². The van der Waals surface area contributed by atoms with Crippen molar-refractivity contribution in [1.82, 2.24) is 19.2 Å². The summed E-state index contributed by atoms with van der Waals surface area (Å²) in [6.45, 7) is 5.39.